The van der Waals surface area contributed by atoms with Gasteiger partial charge in [-0.3, -0.25) is 9.59 Å². The van der Waals surface area contributed by atoms with Gasteiger partial charge in [-0.05, 0) is 61.0 Å². The Morgan fingerprint density at radius 2 is 1.71 bits per heavy atom. The molecular weight excluding hydrogens is 476 g/mol. The topological polar surface area (TPSA) is 117 Å². The Bertz CT molecular complexity index is 1400. The van der Waals surface area contributed by atoms with Crippen molar-refractivity contribution in [1.29, 1.82) is 0 Å². The minimum Gasteiger partial charge on any atom is -0.352 e. The Balaban J connectivity index is 1.50. The van der Waals surface area contributed by atoms with Crippen LogP contribution in [-0.4, -0.2) is 32.6 Å². The van der Waals surface area contributed by atoms with E-state index in [9.17, 15) is 18.0 Å². The number of carbonyl (C=O) groups is 2. The molecule has 3 aromatic rings. The molecule has 0 aromatic heterocycles. The molecule has 0 saturated carbocycles. The first kappa shape index (κ1) is 23.5. The van der Waals surface area contributed by atoms with E-state index in [4.69, 9.17) is 11.6 Å². The van der Waals surface area contributed by atoms with Crippen LogP contribution in [0.2, 0.25) is 5.02 Å². The first-order valence-electron chi connectivity index (χ1n) is 10.5. The van der Waals surface area contributed by atoms with Crippen molar-refractivity contribution in [2.75, 3.05) is 17.2 Å². The summed E-state index contributed by atoms with van der Waals surface area (Å²) in [5, 5.41) is 8.89. The molecule has 8 nitrogen and oxygen atoms in total. The minimum absolute atomic E-state index is 0.147. The zero-order chi connectivity index (χ0) is 24.3. The lowest BCUT2D eigenvalue weighted by Crippen LogP contribution is -2.25. The van der Waals surface area contributed by atoms with Gasteiger partial charge in [0.2, 0.25) is 0 Å². The van der Waals surface area contributed by atoms with Crippen molar-refractivity contribution in [3.05, 3.63) is 88.4 Å². The van der Waals surface area contributed by atoms with Crippen LogP contribution in [0, 0.1) is 0 Å². The molecule has 0 fully saturated rings. The second-order valence-electron chi connectivity index (χ2n) is 7.51. The largest absolute Gasteiger partial charge is 0.352 e. The van der Waals surface area contributed by atoms with Gasteiger partial charge >= 0.3 is 0 Å². The average Bonchev–Trinajstić information content (AvgIpc) is 3.08. The molecule has 174 valence electrons. The summed E-state index contributed by atoms with van der Waals surface area (Å²) in [5.41, 5.74) is 2.00. The van der Waals surface area contributed by atoms with Crippen molar-refractivity contribution >= 4 is 50.6 Å². The molecule has 0 saturated heterocycles. The summed E-state index contributed by atoms with van der Waals surface area (Å²) in [4.78, 5) is 25.4. The molecule has 0 atom stereocenters. The summed E-state index contributed by atoms with van der Waals surface area (Å²) in [5.74, 6) is -0.514. The van der Waals surface area contributed by atoms with Gasteiger partial charge in [0, 0.05) is 28.4 Å². The van der Waals surface area contributed by atoms with Gasteiger partial charge in [-0.25, -0.2) is 0 Å². The van der Waals surface area contributed by atoms with Crippen LogP contribution < -0.4 is 16.0 Å². The van der Waals surface area contributed by atoms with E-state index in [1.807, 2.05) is 6.92 Å². The van der Waals surface area contributed by atoms with Gasteiger partial charge in [0.25, 0.3) is 21.8 Å². The van der Waals surface area contributed by atoms with Crippen molar-refractivity contribution in [2.24, 2.45) is 4.40 Å². The molecule has 2 amide bonds. The quantitative estimate of drug-likeness (QED) is 0.470. The summed E-state index contributed by atoms with van der Waals surface area (Å²) in [6.45, 7) is 2.46. The first-order valence-corrected chi connectivity index (χ1v) is 12.3. The summed E-state index contributed by atoms with van der Waals surface area (Å²) in [6.07, 6.45) is 0.783. The monoisotopic (exact) mass is 496 g/mol. The Morgan fingerprint density at radius 3 is 2.44 bits per heavy atom. The van der Waals surface area contributed by atoms with Gasteiger partial charge in [-0.1, -0.05) is 30.7 Å². The normalized spacial score (nSPS) is 13.5. The highest BCUT2D eigenvalue weighted by atomic mass is 35.5. The first-order chi connectivity index (χ1) is 16.3. The zero-order valence-corrected chi connectivity index (χ0v) is 19.7. The summed E-state index contributed by atoms with van der Waals surface area (Å²) in [6, 6.07) is 17.6. The molecular formula is C24H21ClN4O4S. The van der Waals surface area contributed by atoms with Crippen molar-refractivity contribution < 1.29 is 18.0 Å². The summed E-state index contributed by atoms with van der Waals surface area (Å²) < 4.78 is 28.2. The minimum atomic E-state index is -3.73. The van der Waals surface area contributed by atoms with E-state index in [2.05, 4.69) is 20.3 Å². The van der Waals surface area contributed by atoms with Crippen LogP contribution in [0.4, 0.5) is 11.4 Å². The number of benzene rings is 3. The van der Waals surface area contributed by atoms with Crippen LogP contribution in [0.1, 0.15) is 39.6 Å². The molecule has 0 spiro atoms. The molecule has 1 aliphatic heterocycles. The van der Waals surface area contributed by atoms with Crippen LogP contribution in [0.5, 0.6) is 0 Å². The lowest BCUT2D eigenvalue weighted by molar-refractivity contribution is 0.0954. The van der Waals surface area contributed by atoms with Crippen LogP contribution in [0.3, 0.4) is 0 Å². The maximum Gasteiger partial charge on any atom is 0.285 e. The van der Waals surface area contributed by atoms with Gasteiger partial charge in [-0.15, -0.1) is 4.40 Å². The molecule has 3 aromatic carbocycles. The van der Waals surface area contributed by atoms with Crippen LogP contribution in [-0.2, 0) is 10.0 Å². The number of carbonyl (C=O) groups excluding carboxylic acids is 2. The molecule has 0 bridgehead atoms. The third-order valence-corrected chi connectivity index (χ3v) is 6.62. The number of anilines is 2. The fourth-order valence-corrected chi connectivity index (χ4v) is 4.73. The van der Waals surface area contributed by atoms with Crippen LogP contribution in [0.15, 0.2) is 76.0 Å². The molecule has 1 aliphatic rings. The highest BCUT2D eigenvalue weighted by Crippen LogP contribution is 2.27. The number of amidine groups is 1. The van der Waals surface area contributed by atoms with Gasteiger partial charge < -0.3 is 16.0 Å². The standard InChI is InChI=1S/C24H21ClN4O4S/c1-2-13-26-24(31)18-12-9-16(25)14-20(18)28-23(30)15-7-10-17(11-8-15)27-22-19-5-3-4-6-21(19)34(32,33)29-22/h3-12,14H,2,13H2,1H3,(H,26,31)(H,27,29)(H,28,30). The van der Waals surface area contributed by atoms with E-state index in [1.165, 1.54) is 12.1 Å². The molecule has 0 aliphatic carbocycles. The molecule has 0 unspecified atom stereocenters. The molecule has 34 heavy (non-hydrogen) atoms. The van der Waals surface area contributed by atoms with Gasteiger partial charge in [0.1, 0.15) is 4.90 Å². The third-order valence-electron chi connectivity index (χ3n) is 5.05. The van der Waals surface area contributed by atoms with Crippen molar-refractivity contribution in [3.63, 3.8) is 0 Å². The SMILES string of the molecule is CCCNC(=O)c1ccc(Cl)cc1NC(=O)c1ccc(NC2=NS(=O)(=O)c3ccccc32)cc1. The molecule has 3 N–H and O–H groups in total. The number of rotatable bonds is 6. The smallest absolute Gasteiger partial charge is 0.285 e. The average molecular weight is 497 g/mol. The zero-order valence-electron chi connectivity index (χ0n) is 18.1. The maximum atomic E-state index is 12.8. The van der Waals surface area contributed by atoms with E-state index in [-0.39, 0.29) is 16.6 Å². The number of nitrogens with zero attached hydrogens (tertiary/aromatic N) is 1. The molecule has 1 heterocycles. The van der Waals surface area contributed by atoms with E-state index >= 15 is 0 Å². The van der Waals surface area contributed by atoms with E-state index < -0.39 is 15.9 Å². The van der Waals surface area contributed by atoms with Crippen molar-refractivity contribution in [3.8, 4) is 0 Å². The van der Waals surface area contributed by atoms with Crippen molar-refractivity contribution in [2.45, 2.75) is 18.2 Å². The maximum absolute atomic E-state index is 12.8. The molecule has 10 heteroatoms. The Morgan fingerprint density at radius 1 is 0.971 bits per heavy atom. The Kier molecular flexibility index (Phi) is 6.67. The van der Waals surface area contributed by atoms with Gasteiger partial charge in [0.05, 0.1) is 11.3 Å². The Hall–Kier alpha value is -3.69. The van der Waals surface area contributed by atoms with E-state index in [0.717, 1.165) is 6.42 Å². The predicted molar refractivity (Wildman–Crippen MR) is 132 cm³/mol. The highest BCUT2D eigenvalue weighted by molar-refractivity contribution is 7.90. The second kappa shape index (κ2) is 9.66. The van der Waals surface area contributed by atoms with Crippen molar-refractivity contribution in [1.82, 2.24) is 5.32 Å². The number of hydrogen-bond donors (Lipinski definition) is 3. The highest BCUT2D eigenvalue weighted by Gasteiger charge is 2.28. The fourth-order valence-electron chi connectivity index (χ4n) is 3.38. The number of amides is 2. The second-order valence-corrected chi connectivity index (χ2v) is 9.52. The number of halogens is 1. The van der Waals surface area contributed by atoms with Crippen LogP contribution >= 0.6 is 11.6 Å². The summed E-state index contributed by atoms with van der Waals surface area (Å²) >= 11 is 6.07. The fraction of sp³-hybridized carbons (Fsp3) is 0.125. The third kappa shape index (κ3) is 4.95. The van der Waals surface area contributed by atoms with Crippen LogP contribution in [0.25, 0.3) is 0 Å². The number of fused-ring (bicyclic) bond motifs is 1. The lowest BCUT2D eigenvalue weighted by Gasteiger charge is -2.12. The van der Waals surface area contributed by atoms with E-state index in [1.54, 1.807) is 54.6 Å². The molecule has 4 rings (SSSR count). The van der Waals surface area contributed by atoms with Gasteiger partial charge in [-0.2, -0.15) is 8.42 Å². The number of sulfonamides is 1. The lowest BCUT2D eigenvalue weighted by atomic mass is 10.1. The summed E-state index contributed by atoms with van der Waals surface area (Å²) in [7, 11) is -3.73. The number of hydrogen-bond acceptors (Lipinski definition) is 5. The predicted octanol–water partition coefficient (Wildman–Crippen LogP) is 4.29. The van der Waals surface area contributed by atoms with E-state index in [0.29, 0.717) is 39.6 Å². The Labute approximate surface area is 202 Å². The molecule has 0 radical (unpaired) electrons. The number of nitrogens with one attached hydrogen (secondary N) is 3. The van der Waals surface area contributed by atoms with Gasteiger partial charge in [0.15, 0.2) is 5.84 Å².